The zero-order valence-corrected chi connectivity index (χ0v) is 11.2. The molecule has 1 aromatic heterocycles. The first-order valence-electron chi connectivity index (χ1n) is 6.55. The highest BCUT2D eigenvalue weighted by Gasteiger charge is 2.28. The van der Waals surface area contributed by atoms with Gasteiger partial charge in [0.1, 0.15) is 23.3 Å². The second kappa shape index (κ2) is 5.05. The van der Waals surface area contributed by atoms with Gasteiger partial charge in [0.15, 0.2) is 0 Å². The fourth-order valence-corrected chi connectivity index (χ4v) is 1.99. The molecule has 0 radical (unpaired) electrons. The first-order chi connectivity index (χ1) is 9.67. The van der Waals surface area contributed by atoms with Crippen LogP contribution in [0, 0.1) is 12.7 Å². The third kappa shape index (κ3) is 2.55. The Morgan fingerprint density at radius 3 is 2.40 bits per heavy atom. The summed E-state index contributed by atoms with van der Waals surface area (Å²) >= 11 is 0. The van der Waals surface area contributed by atoms with E-state index in [1.165, 1.54) is 12.1 Å². The van der Waals surface area contributed by atoms with E-state index in [2.05, 4.69) is 20.7 Å². The second-order valence-electron chi connectivity index (χ2n) is 4.95. The molecule has 1 heterocycles. The maximum atomic E-state index is 12.9. The highest BCUT2D eigenvalue weighted by Crippen LogP contribution is 2.39. The Hall–Kier alpha value is -2.21. The molecule has 1 aromatic carbocycles. The van der Waals surface area contributed by atoms with E-state index in [4.69, 9.17) is 5.84 Å². The number of benzene rings is 1. The number of nitrogens with two attached hydrogens (primary N) is 1. The van der Waals surface area contributed by atoms with E-state index in [0.29, 0.717) is 17.6 Å². The molecular weight excluding hydrogens is 257 g/mol. The maximum Gasteiger partial charge on any atom is 0.148 e. The van der Waals surface area contributed by atoms with Gasteiger partial charge in [0.05, 0.1) is 0 Å². The monoisotopic (exact) mass is 273 g/mol. The van der Waals surface area contributed by atoms with Gasteiger partial charge in [-0.3, -0.25) is 0 Å². The summed E-state index contributed by atoms with van der Waals surface area (Å²) in [6.45, 7) is 1.89. The molecule has 0 atom stereocenters. The highest BCUT2D eigenvalue weighted by atomic mass is 19.1. The van der Waals surface area contributed by atoms with Crippen LogP contribution in [0.1, 0.15) is 30.1 Å². The minimum atomic E-state index is -0.266. The zero-order chi connectivity index (χ0) is 14.1. The van der Waals surface area contributed by atoms with Crippen molar-refractivity contribution in [2.75, 3.05) is 10.7 Å². The highest BCUT2D eigenvalue weighted by molar-refractivity contribution is 5.64. The number of halogens is 1. The predicted molar refractivity (Wildman–Crippen MR) is 76.2 cm³/mol. The van der Waals surface area contributed by atoms with Crippen LogP contribution in [0.15, 0.2) is 24.3 Å². The summed E-state index contributed by atoms with van der Waals surface area (Å²) < 4.78 is 12.9. The number of nitrogens with zero attached hydrogens (tertiary/aromatic N) is 2. The summed E-state index contributed by atoms with van der Waals surface area (Å²) in [5.74, 6) is 7.78. The van der Waals surface area contributed by atoms with Gasteiger partial charge in [-0.15, -0.1) is 0 Å². The summed E-state index contributed by atoms with van der Waals surface area (Å²) in [7, 11) is 0. The van der Waals surface area contributed by atoms with Crippen LogP contribution in [-0.4, -0.2) is 9.97 Å². The molecule has 20 heavy (non-hydrogen) atoms. The van der Waals surface area contributed by atoms with E-state index in [1.54, 1.807) is 12.1 Å². The van der Waals surface area contributed by atoms with Crippen molar-refractivity contribution in [1.82, 2.24) is 9.97 Å². The van der Waals surface area contributed by atoms with Crippen molar-refractivity contribution in [3.05, 3.63) is 41.5 Å². The quantitative estimate of drug-likeness (QED) is 0.590. The first kappa shape index (κ1) is 12.8. The Morgan fingerprint density at radius 2 is 1.80 bits per heavy atom. The molecule has 3 rings (SSSR count). The maximum absolute atomic E-state index is 12.9. The number of aromatic nitrogens is 2. The SMILES string of the molecule is Cc1c(NN)nc(C2CC2)nc1Nc1ccc(F)cc1. The van der Waals surface area contributed by atoms with Crippen molar-refractivity contribution < 1.29 is 4.39 Å². The second-order valence-corrected chi connectivity index (χ2v) is 4.95. The molecular formula is C14H16FN5. The Kier molecular flexibility index (Phi) is 3.23. The predicted octanol–water partition coefficient (Wildman–Crippen LogP) is 2.83. The van der Waals surface area contributed by atoms with Gasteiger partial charge in [0, 0.05) is 17.2 Å². The normalized spacial score (nSPS) is 14.2. The molecule has 0 amide bonds. The van der Waals surface area contributed by atoms with Gasteiger partial charge >= 0.3 is 0 Å². The minimum Gasteiger partial charge on any atom is -0.340 e. The van der Waals surface area contributed by atoms with E-state index in [9.17, 15) is 4.39 Å². The third-order valence-corrected chi connectivity index (χ3v) is 3.35. The lowest BCUT2D eigenvalue weighted by Crippen LogP contribution is -2.13. The zero-order valence-electron chi connectivity index (χ0n) is 11.2. The fraction of sp³-hybridized carbons (Fsp3) is 0.286. The molecule has 0 aliphatic heterocycles. The van der Waals surface area contributed by atoms with Crippen LogP contribution in [0.25, 0.3) is 0 Å². The van der Waals surface area contributed by atoms with Crippen LogP contribution in [0.3, 0.4) is 0 Å². The van der Waals surface area contributed by atoms with E-state index in [0.717, 1.165) is 29.9 Å². The molecule has 1 aliphatic rings. The van der Waals surface area contributed by atoms with Crippen molar-refractivity contribution in [3.63, 3.8) is 0 Å². The molecule has 1 saturated carbocycles. The van der Waals surface area contributed by atoms with Gasteiger partial charge < -0.3 is 10.7 Å². The van der Waals surface area contributed by atoms with Crippen molar-refractivity contribution >= 4 is 17.3 Å². The van der Waals surface area contributed by atoms with Crippen LogP contribution < -0.4 is 16.6 Å². The van der Waals surface area contributed by atoms with Crippen molar-refractivity contribution in [1.29, 1.82) is 0 Å². The number of nitrogens with one attached hydrogen (secondary N) is 2. The molecule has 2 aromatic rings. The number of nitrogen functional groups attached to an aromatic ring is 1. The van der Waals surface area contributed by atoms with Crippen LogP contribution >= 0.6 is 0 Å². The van der Waals surface area contributed by atoms with E-state index >= 15 is 0 Å². The number of rotatable bonds is 4. The molecule has 4 N–H and O–H groups in total. The average Bonchev–Trinajstić information content (AvgIpc) is 3.28. The Labute approximate surface area is 116 Å². The molecule has 0 unspecified atom stereocenters. The summed E-state index contributed by atoms with van der Waals surface area (Å²) in [5, 5.41) is 3.18. The molecule has 6 heteroatoms. The van der Waals surface area contributed by atoms with E-state index < -0.39 is 0 Å². The lowest BCUT2D eigenvalue weighted by Gasteiger charge is -2.13. The number of hydrogen-bond acceptors (Lipinski definition) is 5. The number of anilines is 3. The first-order valence-corrected chi connectivity index (χ1v) is 6.55. The summed E-state index contributed by atoms with van der Waals surface area (Å²) in [6.07, 6.45) is 2.23. The molecule has 1 fully saturated rings. The van der Waals surface area contributed by atoms with Gasteiger partial charge in [-0.05, 0) is 44.0 Å². The van der Waals surface area contributed by atoms with E-state index in [1.807, 2.05) is 6.92 Å². The van der Waals surface area contributed by atoms with Crippen molar-refractivity contribution in [2.45, 2.75) is 25.7 Å². The fourth-order valence-electron chi connectivity index (χ4n) is 1.99. The van der Waals surface area contributed by atoms with Gasteiger partial charge in [-0.2, -0.15) is 0 Å². The molecule has 1 aliphatic carbocycles. The van der Waals surface area contributed by atoms with Crippen molar-refractivity contribution in [3.8, 4) is 0 Å². The van der Waals surface area contributed by atoms with Gasteiger partial charge in [-0.1, -0.05) is 0 Å². The third-order valence-electron chi connectivity index (χ3n) is 3.35. The standard InChI is InChI=1S/C14H16FN5/c1-8-12(17-11-6-4-10(15)5-7-11)18-14(9-2-3-9)19-13(8)20-16/h4-7,9H,2-3,16H2,1H3,(H2,17,18,19,20). The van der Waals surface area contributed by atoms with Gasteiger partial charge in [0.25, 0.3) is 0 Å². The summed E-state index contributed by atoms with van der Waals surface area (Å²) in [4.78, 5) is 8.97. The Morgan fingerprint density at radius 1 is 1.15 bits per heavy atom. The molecule has 5 nitrogen and oxygen atoms in total. The number of hydrogen-bond donors (Lipinski definition) is 3. The van der Waals surface area contributed by atoms with Crippen LogP contribution in [0.4, 0.5) is 21.7 Å². The molecule has 0 spiro atoms. The lowest BCUT2D eigenvalue weighted by molar-refractivity contribution is 0.628. The Bertz CT molecular complexity index is 622. The van der Waals surface area contributed by atoms with Crippen LogP contribution in [0.5, 0.6) is 0 Å². The van der Waals surface area contributed by atoms with Gasteiger partial charge in [-0.25, -0.2) is 20.2 Å². The largest absolute Gasteiger partial charge is 0.340 e. The van der Waals surface area contributed by atoms with Crippen molar-refractivity contribution in [2.24, 2.45) is 5.84 Å². The molecule has 104 valence electrons. The molecule has 0 bridgehead atoms. The average molecular weight is 273 g/mol. The Balaban J connectivity index is 1.94. The summed E-state index contributed by atoms with van der Waals surface area (Å²) in [6, 6.07) is 6.15. The van der Waals surface area contributed by atoms with Crippen LogP contribution in [0.2, 0.25) is 0 Å². The molecule has 0 saturated heterocycles. The van der Waals surface area contributed by atoms with Crippen LogP contribution in [-0.2, 0) is 0 Å². The summed E-state index contributed by atoms with van der Waals surface area (Å²) in [5.41, 5.74) is 4.21. The topological polar surface area (TPSA) is 75.9 Å². The lowest BCUT2D eigenvalue weighted by atomic mass is 10.2. The minimum absolute atomic E-state index is 0.266. The number of hydrazine groups is 1. The van der Waals surface area contributed by atoms with E-state index in [-0.39, 0.29) is 5.82 Å². The van der Waals surface area contributed by atoms with Gasteiger partial charge in [0.2, 0.25) is 0 Å². The smallest absolute Gasteiger partial charge is 0.148 e.